The fraction of sp³-hybridized carbons (Fsp3) is 0.182. The number of para-hydroxylation sites is 1. The minimum Gasteiger partial charge on any atom is -0.512 e. The molecule has 4 nitrogen and oxygen atoms in total. The van der Waals surface area contributed by atoms with E-state index in [1.165, 1.54) is 36.7 Å². The molecular formula is C22H23N2O2Pt-. The Balaban J connectivity index is 0.000000395. The molecule has 0 unspecified atom stereocenters. The molecule has 144 valence electrons. The Morgan fingerprint density at radius 1 is 1.11 bits per heavy atom. The fourth-order valence-electron chi connectivity index (χ4n) is 2.65. The zero-order valence-electron chi connectivity index (χ0n) is 15.8. The molecule has 5 heteroatoms. The summed E-state index contributed by atoms with van der Waals surface area (Å²) in [6.45, 7) is 7.10. The summed E-state index contributed by atoms with van der Waals surface area (Å²) < 4.78 is 2.12. The summed E-state index contributed by atoms with van der Waals surface area (Å²) in [4.78, 5) is 14.4. The smallest absolute Gasteiger partial charge is 0.155 e. The van der Waals surface area contributed by atoms with E-state index in [0.29, 0.717) is 0 Å². The molecule has 0 fully saturated rings. The minimum absolute atomic E-state index is 0. The summed E-state index contributed by atoms with van der Waals surface area (Å²) in [5, 5.41) is 8.36. The number of nitrogens with zero attached hydrogens (tertiary/aromatic N) is 2. The average Bonchev–Trinajstić information content (AvgIpc) is 3.04. The first kappa shape index (κ1) is 22.6. The molecule has 0 aliphatic carbocycles. The third kappa shape index (κ3) is 6.65. The van der Waals surface area contributed by atoms with Crippen molar-refractivity contribution in [2.45, 2.75) is 27.7 Å². The third-order valence-corrected chi connectivity index (χ3v) is 3.68. The number of aliphatic hydroxyl groups excluding tert-OH is 1. The molecule has 1 N–H and O–H groups in total. The summed E-state index contributed by atoms with van der Waals surface area (Å²) >= 11 is 0. The number of allylic oxidation sites excluding steroid dienone is 2. The monoisotopic (exact) mass is 542 g/mol. The van der Waals surface area contributed by atoms with Crippen molar-refractivity contribution in [2.24, 2.45) is 0 Å². The van der Waals surface area contributed by atoms with Gasteiger partial charge in [0.15, 0.2) is 5.78 Å². The first-order chi connectivity index (χ1) is 12.4. The van der Waals surface area contributed by atoms with Crippen LogP contribution < -0.4 is 0 Å². The summed E-state index contributed by atoms with van der Waals surface area (Å²) in [5.41, 5.74) is 5.71. The van der Waals surface area contributed by atoms with Gasteiger partial charge in [-0.1, -0.05) is 42.7 Å². The summed E-state index contributed by atoms with van der Waals surface area (Å²) in [7, 11) is 0. The van der Waals surface area contributed by atoms with Crippen LogP contribution in [0, 0.1) is 19.9 Å². The number of aromatic nitrogens is 2. The number of hydrogen-bond acceptors (Lipinski definition) is 3. The molecule has 27 heavy (non-hydrogen) atoms. The Bertz CT molecular complexity index is 891. The fourth-order valence-corrected chi connectivity index (χ4v) is 2.65. The van der Waals surface area contributed by atoms with Gasteiger partial charge in [-0.25, -0.2) is 0 Å². The molecule has 0 saturated carbocycles. The van der Waals surface area contributed by atoms with Crippen LogP contribution in [-0.4, -0.2) is 20.4 Å². The second-order valence-electron chi connectivity index (χ2n) is 6.08. The van der Waals surface area contributed by atoms with Crippen molar-refractivity contribution in [3.63, 3.8) is 0 Å². The number of carbonyl (C=O) groups is 1. The standard InChI is InChI=1S/C17H15N2.C5H8O2.Pt/c1-13-6-5-7-14(2)17(13)19-11-9-15(12-19)16-8-3-4-10-18-16;1-4(6)3-5(2)7;/h3-8,10-12H,1-2H3;3,6H,1-2H3;/q-1;;/b;4-3-;. The van der Waals surface area contributed by atoms with Crippen LogP contribution in [0.4, 0.5) is 0 Å². The molecule has 0 aliphatic rings. The van der Waals surface area contributed by atoms with Crippen molar-refractivity contribution in [1.82, 2.24) is 9.55 Å². The van der Waals surface area contributed by atoms with Crippen LogP contribution in [0.3, 0.4) is 0 Å². The Morgan fingerprint density at radius 3 is 2.26 bits per heavy atom. The van der Waals surface area contributed by atoms with Crippen LogP contribution in [0.25, 0.3) is 16.9 Å². The molecule has 2 aromatic heterocycles. The molecule has 3 rings (SSSR count). The maximum Gasteiger partial charge on any atom is 0.155 e. The predicted octanol–water partition coefficient (Wildman–Crippen LogP) is 4.99. The van der Waals surface area contributed by atoms with E-state index in [1.54, 1.807) is 6.20 Å². The van der Waals surface area contributed by atoms with Gasteiger partial charge in [-0.2, -0.15) is 6.07 Å². The van der Waals surface area contributed by atoms with Crippen molar-refractivity contribution >= 4 is 5.78 Å². The topological polar surface area (TPSA) is 55.1 Å². The van der Waals surface area contributed by atoms with Crippen molar-refractivity contribution in [3.8, 4) is 16.9 Å². The zero-order valence-corrected chi connectivity index (χ0v) is 18.1. The second kappa shape index (κ2) is 10.6. The second-order valence-corrected chi connectivity index (χ2v) is 6.08. The number of benzene rings is 1. The Hall–Kier alpha value is -2.45. The van der Waals surface area contributed by atoms with Gasteiger partial charge in [0.2, 0.25) is 0 Å². The van der Waals surface area contributed by atoms with E-state index in [1.807, 2.05) is 24.4 Å². The summed E-state index contributed by atoms with van der Waals surface area (Å²) in [6.07, 6.45) is 7.02. The van der Waals surface area contributed by atoms with E-state index in [0.717, 1.165) is 11.3 Å². The van der Waals surface area contributed by atoms with Crippen molar-refractivity contribution in [3.05, 3.63) is 84.0 Å². The Labute approximate surface area is 174 Å². The number of hydrogen-bond donors (Lipinski definition) is 1. The Kier molecular flexibility index (Phi) is 8.90. The average molecular weight is 543 g/mol. The number of aryl methyl sites for hydroxylation is 2. The van der Waals surface area contributed by atoms with Gasteiger partial charge in [-0.15, -0.1) is 5.56 Å². The van der Waals surface area contributed by atoms with Gasteiger partial charge in [0.25, 0.3) is 0 Å². The molecule has 1 aromatic carbocycles. The third-order valence-electron chi connectivity index (χ3n) is 3.68. The maximum absolute atomic E-state index is 10.0. The van der Waals surface area contributed by atoms with Crippen LogP contribution >= 0.6 is 0 Å². The molecule has 2 heterocycles. The largest absolute Gasteiger partial charge is 0.512 e. The van der Waals surface area contributed by atoms with E-state index in [4.69, 9.17) is 5.11 Å². The first-order valence-electron chi connectivity index (χ1n) is 8.34. The van der Waals surface area contributed by atoms with Gasteiger partial charge in [-0.3, -0.25) is 4.79 Å². The molecular weight excluding hydrogens is 519 g/mol. The normalized spacial score (nSPS) is 10.4. The zero-order chi connectivity index (χ0) is 19.1. The predicted molar refractivity (Wildman–Crippen MR) is 104 cm³/mol. The van der Waals surface area contributed by atoms with E-state index in [-0.39, 0.29) is 32.6 Å². The number of ketones is 1. The molecule has 0 saturated heterocycles. The molecule has 0 bridgehead atoms. The van der Waals surface area contributed by atoms with Gasteiger partial charge in [-0.05, 0) is 50.6 Å². The molecule has 0 amide bonds. The van der Waals surface area contributed by atoms with Crippen LogP contribution in [-0.2, 0) is 25.9 Å². The van der Waals surface area contributed by atoms with Gasteiger partial charge in [0.1, 0.15) is 0 Å². The van der Waals surface area contributed by atoms with E-state index >= 15 is 0 Å². The Morgan fingerprint density at radius 2 is 1.78 bits per heavy atom. The van der Waals surface area contributed by atoms with Crippen molar-refractivity contribution < 1.29 is 31.0 Å². The summed E-state index contributed by atoms with van der Waals surface area (Å²) in [6, 6.07) is 15.5. The van der Waals surface area contributed by atoms with Gasteiger partial charge < -0.3 is 14.7 Å². The molecule has 0 aliphatic heterocycles. The SMILES string of the molecule is CC(=O)/C=C(/C)O.Cc1cccc(C)c1-n1c[c-]c(-c2ccccn2)c1.[Pt]. The van der Waals surface area contributed by atoms with Crippen molar-refractivity contribution in [2.75, 3.05) is 0 Å². The summed E-state index contributed by atoms with van der Waals surface area (Å²) in [5.74, 6) is -0.0625. The van der Waals surface area contributed by atoms with Crippen molar-refractivity contribution in [1.29, 1.82) is 0 Å². The van der Waals surface area contributed by atoms with E-state index in [9.17, 15) is 4.79 Å². The number of rotatable bonds is 3. The maximum atomic E-state index is 10.0. The number of carbonyl (C=O) groups excluding carboxylic acids is 1. The van der Waals surface area contributed by atoms with Crippen LogP contribution in [0.5, 0.6) is 0 Å². The van der Waals surface area contributed by atoms with Crippen LogP contribution in [0.1, 0.15) is 25.0 Å². The van der Waals surface area contributed by atoms with Crippen LogP contribution in [0.2, 0.25) is 0 Å². The molecule has 0 radical (unpaired) electrons. The number of pyridine rings is 1. The van der Waals surface area contributed by atoms with E-state index in [2.05, 4.69) is 53.9 Å². The van der Waals surface area contributed by atoms with E-state index < -0.39 is 0 Å². The van der Waals surface area contributed by atoms with Gasteiger partial charge >= 0.3 is 0 Å². The van der Waals surface area contributed by atoms with Crippen LogP contribution in [0.15, 0.2) is 66.8 Å². The molecule has 0 atom stereocenters. The minimum atomic E-state index is -0.125. The van der Waals surface area contributed by atoms with Gasteiger partial charge in [0.05, 0.1) is 5.76 Å². The first-order valence-corrected chi connectivity index (χ1v) is 8.34. The quantitative estimate of drug-likeness (QED) is 0.288. The molecule has 3 aromatic rings. The van der Waals surface area contributed by atoms with Gasteiger partial charge in [0, 0.05) is 39.0 Å². The molecule has 0 spiro atoms. The number of aliphatic hydroxyl groups is 1.